The first kappa shape index (κ1) is 23.7. The number of anilines is 1. The molecule has 10 heteroatoms. The molecule has 0 aliphatic carbocycles. The van der Waals surface area contributed by atoms with E-state index in [4.69, 9.17) is 9.47 Å². The molecule has 2 aromatic carbocycles. The molecule has 1 amide bonds. The van der Waals surface area contributed by atoms with Crippen LogP contribution < -0.4 is 15.4 Å². The average Bonchev–Trinajstić information content (AvgIpc) is 3.33. The summed E-state index contributed by atoms with van der Waals surface area (Å²) in [6, 6.07) is 9.89. The van der Waals surface area contributed by atoms with Gasteiger partial charge in [-0.1, -0.05) is 12.1 Å². The van der Waals surface area contributed by atoms with E-state index in [1.165, 1.54) is 12.3 Å². The predicted molar refractivity (Wildman–Crippen MR) is 132 cm³/mol. The van der Waals surface area contributed by atoms with Crippen molar-refractivity contribution in [3.05, 3.63) is 77.5 Å². The number of aryl methyl sites for hydroxylation is 1. The molecule has 2 aromatic heterocycles. The lowest BCUT2D eigenvalue weighted by Gasteiger charge is -2.23. The summed E-state index contributed by atoms with van der Waals surface area (Å²) in [5.74, 6) is 0.116. The lowest BCUT2D eigenvalue weighted by molar-refractivity contribution is 0.0903. The van der Waals surface area contributed by atoms with E-state index in [2.05, 4.69) is 25.7 Å². The van der Waals surface area contributed by atoms with E-state index >= 15 is 0 Å². The van der Waals surface area contributed by atoms with Crippen LogP contribution in [0, 0.1) is 5.82 Å². The summed E-state index contributed by atoms with van der Waals surface area (Å²) in [6.07, 6.45) is 6.66. The Morgan fingerprint density at radius 2 is 1.94 bits per heavy atom. The quantitative estimate of drug-likeness (QED) is 0.408. The molecule has 36 heavy (non-hydrogen) atoms. The summed E-state index contributed by atoms with van der Waals surface area (Å²) < 4.78 is 27.2. The second-order valence-corrected chi connectivity index (χ2v) is 8.74. The molecule has 9 nitrogen and oxygen atoms in total. The fourth-order valence-corrected chi connectivity index (χ4v) is 4.28. The summed E-state index contributed by atoms with van der Waals surface area (Å²) in [5.41, 5.74) is 2.15. The van der Waals surface area contributed by atoms with Crippen LogP contribution in [0.4, 0.5) is 10.3 Å². The van der Waals surface area contributed by atoms with Crippen molar-refractivity contribution in [1.82, 2.24) is 25.1 Å². The van der Waals surface area contributed by atoms with Crippen LogP contribution in [0.3, 0.4) is 0 Å². The zero-order chi connectivity index (χ0) is 25.1. The molecule has 5 rings (SSSR count). The van der Waals surface area contributed by atoms with Crippen molar-refractivity contribution in [2.75, 3.05) is 25.6 Å². The van der Waals surface area contributed by atoms with E-state index in [0.29, 0.717) is 30.4 Å². The van der Waals surface area contributed by atoms with Gasteiger partial charge < -0.3 is 20.1 Å². The number of amides is 1. The molecule has 2 N–H and O–H groups in total. The van der Waals surface area contributed by atoms with Crippen molar-refractivity contribution in [3.63, 3.8) is 0 Å². The van der Waals surface area contributed by atoms with Gasteiger partial charge >= 0.3 is 0 Å². The van der Waals surface area contributed by atoms with Crippen molar-refractivity contribution in [2.45, 2.75) is 24.9 Å². The van der Waals surface area contributed by atoms with Gasteiger partial charge in [-0.05, 0) is 42.7 Å². The smallest absolute Gasteiger partial charge is 0.252 e. The Labute approximate surface area is 207 Å². The Morgan fingerprint density at radius 1 is 1.17 bits per heavy atom. The molecular weight excluding hydrogens is 463 g/mol. The fraction of sp³-hybridized carbons (Fsp3) is 0.308. The third-order valence-corrected chi connectivity index (χ3v) is 6.25. The molecule has 0 spiro atoms. The third kappa shape index (κ3) is 5.13. The van der Waals surface area contributed by atoms with Crippen molar-refractivity contribution >= 4 is 22.8 Å². The largest absolute Gasteiger partial charge is 0.497 e. The number of carbonyl (C=O) groups is 1. The lowest BCUT2D eigenvalue weighted by atomic mass is 10.0. The Kier molecular flexibility index (Phi) is 6.77. The zero-order valence-electron chi connectivity index (χ0n) is 20.1. The summed E-state index contributed by atoms with van der Waals surface area (Å²) in [4.78, 5) is 22.1. The van der Waals surface area contributed by atoms with E-state index in [-0.39, 0.29) is 17.0 Å². The van der Waals surface area contributed by atoms with E-state index in [9.17, 15) is 9.18 Å². The van der Waals surface area contributed by atoms with Crippen molar-refractivity contribution in [3.8, 4) is 5.75 Å². The van der Waals surface area contributed by atoms with E-state index in [1.807, 2.05) is 30.5 Å². The first-order valence-corrected chi connectivity index (χ1v) is 11.7. The second-order valence-electron chi connectivity index (χ2n) is 8.74. The third-order valence-electron chi connectivity index (χ3n) is 6.25. The van der Waals surface area contributed by atoms with Crippen LogP contribution in [0.5, 0.6) is 5.75 Å². The molecule has 0 unspecified atom stereocenters. The van der Waals surface area contributed by atoms with Crippen LogP contribution in [-0.4, -0.2) is 52.0 Å². The molecule has 4 aromatic rings. The number of halogens is 1. The number of benzene rings is 2. The highest BCUT2D eigenvalue weighted by Crippen LogP contribution is 2.26. The van der Waals surface area contributed by atoms with Crippen molar-refractivity contribution in [2.24, 2.45) is 7.05 Å². The standard InChI is InChI=1S/C26H27FN6O3/c1-33-15-18(13-29-33)24(16-3-5-20(35-2)6-4-16)32-25(34)17-11-22(27)21-14-28-26(31-23(21)12-17)30-19-7-9-36-10-8-19/h3-6,11-15,19,24H,7-10H2,1-2H3,(H,32,34)(H,28,30,31)/t24-/m0/s1. The molecule has 1 saturated heterocycles. The van der Waals surface area contributed by atoms with Crippen LogP contribution in [0.1, 0.15) is 40.4 Å². The molecule has 3 heterocycles. The highest BCUT2D eigenvalue weighted by molar-refractivity contribution is 5.98. The number of nitrogens with one attached hydrogen (secondary N) is 2. The fourth-order valence-electron chi connectivity index (χ4n) is 4.28. The summed E-state index contributed by atoms with van der Waals surface area (Å²) in [5, 5.41) is 10.8. The van der Waals surface area contributed by atoms with Crippen LogP contribution in [0.15, 0.2) is 55.0 Å². The Morgan fingerprint density at radius 3 is 2.64 bits per heavy atom. The molecule has 1 fully saturated rings. The van der Waals surface area contributed by atoms with Gasteiger partial charge in [-0.2, -0.15) is 5.10 Å². The number of hydrogen-bond donors (Lipinski definition) is 2. The Bertz CT molecular complexity index is 1370. The maximum Gasteiger partial charge on any atom is 0.252 e. The van der Waals surface area contributed by atoms with Gasteiger partial charge in [-0.3, -0.25) is 9.48 Å². The minimum atomic E-state index is -0.558. The second kappa shape index (κ2) is 10.3. The topological polar surface area (TPSA) is 103 Å². The van der Waals surface area contributed by atoms with Gasteiger partial charge in [0.2, 0.25) is 5.95 Å². The van der Waals surface area contributed by atoms with Crippen molar-refractivity contribution in [1.29, 1.82) is 0 Å². The summed E-state index contributed by atoms with van der Waals surface area (Å²) >= 11 is 0. The SMILES string of the molecule is COc1ccc([C@H](NC(=O)c2cc(F)c3cnc(NC4CCOCC4)nc3c2)c2cnn(C)c2)cc1. The normalized spacial score (nSPS) is 15.0. The molecule has 1 atom stereocenters. The predicted octanol–water partition coefficient (Wildman–Crippen LogP) is 3.62. The number of methoxy groups -OCH3 is 1. The minimum absolute atomic E-state index is 0.165. The zero-order valence-corrected chi connectivity index (χ0v) is 20.1. The Balaban J connectivity index is 1.43. The van der Waals surface area contributed by atoms with Gasteiger partial charge in [0.15, 0.2) is 0 Å². The number of fused-ring (bicyclic) bond motifs is 1. The number of ether oxygens (including phenoxy) is 2. The van der Waals surface area contributed by atoms with Crippen LogP contribution in [-0.2, 0) is 11.8 Å². The van der Waals surface area contributed by atoms with Crippen molar-refractivity contribution < 1.29 is 18.7 Å². The van der Waals surface area contributed by atoms with Gasteiger partial charge in [0, 0.05) is 49.8 Å². The number of nitrogens with zero attached hydrogens (tertiary/aromatic N) is 4. The molecule has 1 aliphatic rings. The number of rotatable bonds is 7. The maximum atomic E-state index is 14.9. The van der Waals surface area contributed by atoms with Gasteiger partial charge in [-0.15, -0.1) is 0 Å². The highest BCUT2D eigenvalue weighted by Gasteiger charge is 2.21. The lowest BCUT2D eigenvalue weighted by Crippen LogP contribution is -2.29. The summed E-state index contributed by atoms with van der Waals surface area (Å²) in [6.45, 7) is 1.35. The van der Waals surface area contributed by atoms with Crippen LogP contribution >= 0.6 is 0 Å². The first-order valence-electron chi connectivity index (χ1n) is 11.7. The molecule has 0 radical (unpaired) electrons. The van der Waals surface area contributed by atoms with Gasteiger partial charge in [0.25, 0.3) is 5.91 Å². The number of carbonyl (C=O) groups excluding carboxylic acids is 1. The van der Waals surface area contributed by atoms with Crippen LogP contribution in [0.2, 0.25) is 0 Å². The monoisotopic (exact) mass is 490 g/mol. The molecule has 1 aliphatic heterocycles. The minimum Gasteiger partial charge on any atom is -0.497 e. The van der Waals surface area contributed by atoms with E-state index < -0.39 is 17.8 Å². The maximum absolute atomic E-state index is 14.9. The van der Waals surface area contributed by atoms with Gasteiger partial charge in [0.1, 0.15) is 11.6 Å². The Hall–Kier alpha value is -4.05. The van der Waals surface area contributed by atoms with E-state index in [0.717, 1.165) is 24.0 Å². The van der Waals surface area contributed by atoms with Crippen LogP contribution in [0.25, 0.3) is 10.9 Å². The highest BCUT2D eigenvalue weighted by atomic mass is 19.1. The molecular formula is C26H27FN6O3. The molecule has 0 bridgehead atoms. The summed E-state index contributed by atoms with van der Waals surface area (Å²) in [7, 11) is 3.40. The first-order chi connectivity index (χ1) is 17.5. The average molecular weight is 491 g/mol. The van der Waals surface area contributed by atoms with E-state index in [1.54, 1.807) is 31.1 Å². The molecule has 186 valence electrons. The van der Waals surface area contributed by atoms with Gasteiger partial charge in [0.05, 0.1) is 30.3 Å². The molecule has 0 saturated carbocycles. The number of aromatic nitrogens is 4. The van der Waals surface area contributed by atoms with Gasteiger partial charge in [-0.25, -0.2) is 14.4 Å². The number of hydrogen-bond acceptors (Lipinski definition) is 7.